The molecule has 0 radical (unpaired) electrons. The van der Waals surface area contributed by atoms with Crippen molar-refractivity contribution in [2.24, 2.45) is 0 Å². The van der Waals surface area contributed by atoms with Gasteiger partial charge in [0.1, 0.15) is 0 Å². The molecule has 0 aliphatic rings. The molecule has 0 spiro atoms. The smallest absolute Gasteiger partial charge is 0.0504 e. The van der Waals surface area contributed by atoms with Gasteiger partial charge in [-0.25, -0.2) is 0 Å². The molecule has 0 nitrogen and oxygen atoms in total. The molecule has 5 aromatic carbocycles. The topological polar surface area (TPSA) is 0 Å². The zero-order chi connectivity index (χ0) is 28.3. The normalized spacial score (nSPS) is 11.0. The van der Waals surface area contributed by atoms with Gasteiger partial charge in [-0.15, -0.1) is 51.4 Å². The summed E-state index contributed by atoms with van der Waals surface area (Å²) < 4.78 is 1.56. The van der Waals surface area contributed by atoms with Crippen LogP contribution in [0.4, 0.5) is 0 Å². The maximum absolute atomic E-state index is 6.05. The zero-order valence-electron chi connectivity index (χ0n) is 24.6. The van der Waals surface area contributed by atoms with E-state index >= 15 is 0 Å². The van der Waals surface area contributed by atoms with Crippen molar-refractivity contribution in [3.05, 3.63) is 106 Å². The van der Waals surface area contributed by atoms with Gasteiger partial charge in [-0.05, 0) is 16.9 Å². The number of hydrogen-bond donors (Lipinski definition) is 0. The van der Waals surface area contributed by atoms with Crippen LogP contribution in [0.1, 0.15) is 66.5 Å². The first kappa shape index (κ1) is 36.8. The Morgan fingerprint density at radius 1 is 0.700 bits per heavy atom. The number of benzene rings is 3. The quantitative estimate of drug-likeness (QED) is 0.157. The third-order valence-corrected chi connectivity index (χ3v) is 7.18. The fourth-order valence-electron chi connectivity index (χ4n) is 4.24. The van der Waals surface area contributed by atoms with Gasteiger partial charge < -0.3 is 24.8 Å². The third kappa shape index (κ3) is 9.67. The third-order valence-electron chi connectivity index (χ3n) is 6.36. The summed E-state index contributed by atoms with van der Waals surface area (Å²) in [7, 11) is 0. The average molecular weight is 779 g/mol. The summed E-state index contributed by atoms with van der Waals surface area (Å²) in [5, 5.41) is 6.69. The molecular weight excluding hydrogens is 741 g/mol. The molecule has 5 heteroatoms. The summed E-state index contributed by atoms with van der Waals surface area (Å²) in [6, 6.07) is 29.8. The van der Waals surface area contributed by atoms with Crippen molar-refractivity contribution in [2.45, 2.75) is 66.2 Å². The summed E-state index contributed by atoms with van der Waals surface area (Å²) in [5.41, 5.74) is 5.30. The zero-order valence-corrected chi connectivity index (χ0v) is 31.2. The fourth-order valence-corrected chi connectivity index (χ4v) is 4.65. The average Bonchev–Trinajstić information content (AvgIpc) is 3.47. The first-order chi connectivity index (χ1) is 17.7. The van der Waals surface area contributed by atoms with Crippen LogP contribution in [-0.2, 0) is 34.7 Å². The van der Waals surface area contributed by atoms with Gasteiger partial charge in [0.05, 0.1) is 5.02 Å². The molecule has 0 saturated carbocycles. The van der Waals surface area contributed by atoms with E-state index < -0.39 is 0 Å². The molecule has 40 heavy (non-hydrogen) atoms. The first-order valence-electron chi connectivity index (χ1n) is 13.0. The van der Waals surface area contributed by atoms with Gasteiger partial charge in [0, 0.05) is 5.02 Å². The molecule has 5 rings (SSSR count). The van der Waals surface area contributed by atoms with Crippen molar-refractivity contribution in [1.82, 2.24) is 0 Å². The molecule has 0 bridgehead atoms. The Kier molecular flexibility index (Phi) is 14.1. The Bertz CT molecular complexity index is 1460. The minimum absolute atomic E-state index is 0. The van der Waals surface area contributed by atoms with Crippen LogP contribution in [0, 0.1) is 0 Å². The van der Waals surface area contributed by atoms with Crippen LogP contribution >= 0.6 is 23.2 Å². The molecule has 0 saturated heterocycles. The summed E-state index contributed by atoms with van der Waals surface area (Å²) >= 11 is 13.2. The van der Waals surface area contributed by atoms with Crippen LogP contribution in [0.25, 0.3) is 32.7 Å². The van der Waals surface area contributed by atoms with Gasteiger partial charge in [-0.3, -0.25) is 0 Å². The molecule has 0 amide bonds. The van der Waals surface area contributed by atoms with Crippen LogP contribution in [-0.4, -0.2) is 3.26 Å². The molecule has 5 aromatic rings. The van der Waals surface area contributed by atoms with E-state index in [1.165, 1.54) is 56.6 Å². The molecule has 0 N–H and O–H groups in total. The van der Waals surface area contributed by atoms with E-state index in [1.54, 1.807) is 9.32 Å². The second-order valence-electron chi connectivity index (χ2n) is 12.0. The van der Waals surface area contributed by atoms with Crippen molar-refractivity contribution < 1.29 is 48.7 Å². The standard InChI is InChI=1S/C21H25.C11H7Cl2.C3H6.2ClH.Hf/c1-20(2,3)16-7-9-18-14(12-16)11-15-13-17(21(4,5)6)8-10-19(15)18;12-10-7-3-6-9(11(10)13)8-4-1-2-5-8;1-3-2;;;/h7-13H,1-6H3;1-7H;1-2H3;2*1H;/q2*-1;;;;+2/p-2. The largest absolute Gasteiger partial charge is 1.00 e. The monoisotopic (exact) mass is 778 g/mol. The van der Waals surface area contributed by atoms with E-state index in [1.807, 2.05) is 36.4 Å². The van der Waals surface area contributed by atoms with Crippen LogP contribution in [0.15, 0.2) is 84.9 Å². The molecule has 0 aromatic heterocycles. The SMILES string of the molecule is CC(C)(C)c1ccc2c(c1)[cH-]c1cc(C(C)(C)C)ccc12.C[C](C)=[Hf+2].Clc1cccc(-c2ccc[cH-]2)c1Cl.[Cl-].[Cl-]. The summed E-state index contributed by atoms with van der Waals surface area (Å²) in [6.45, 7) is 17.9. The van der Waals surface area contributed by atoms with E-state index in [0.717, 1.165) is 11.1 Å². The predicted octanol–water partition coefficient (Wildman–Crippen LogP) is 5.44. The van der Waals surface area contributed by atoms with Gasteiger partial charge in [-0.1, -0.05) is 118 Å². The number of halogens is 4. The predicted molar refractivity (Wildman–Crippen MR) is 168 cm³/mol. The van der Waals surface area contributed by atoms with E-state index in [9.17, 15) is 0 Å². The van der Waals surface area contributed by atoms with E-state index in [0.29, 0.717) is 10.0 Å². The molecule has 0 aliphatic carbocycles. The first-order valence-corrected chi connectivity index (χ1v) is 15.6. The Morgan fingerprint density at radius 2 is 1.18 bits per heavy atom. The fraction of sp³-hybridized carbons (Fsp3) is 0.286. The van der Waals surface area contributed by atoms with Crippen molar-refractivity contribution in [1.29, 1.82) is 0 Å². The number of hydrogen-bond acceptors (Lipinski definition) is 0. The summed E-state index contributed by atoms with van der Waals surface area (Å²) in [4.78, 5) is 0. The molecule has 0 heterocycles. The van der Waals surface area contributed by atoms with Gasteiger partial charge in [0.15, 0.2) is 0 Å². The van der Waals surface area contributed by atoms with Crippen molar-refractivity contribution in [2.75, 3.05) is 0 Å². The molecule has 212 valence electrons. The van der Waals surface area contributed by atoms with Crippen LogP contribution in [0.5, 0.6) is 0 Å². The maximum atomic E-state index is 6.05. The Hall–Kier alpha value is -1.22. The van der Waals surface area contributed by atoms with Crippen molar-refractivity contribution in [3.63, 3.8) is 0 Å². The van der Waals surface area contributed by atoms with Crippen LogP contribution in [0.2, 0.25) is 10.0 Å². The molecule has 0 atom stereocenters. The van der Waals surface area contributed by atoms with E-state index in [2.05, 4.69) is 97.9 Å². The molecule has 0 fully saturated rings. The Balaban J connectivity index is 0.000000362. The number of rotatable bonds is 1. The minimum Gasteiger partial charge on any atom is -1.00 e. The summed E-state index contributed by atoms with van der Waals surface area (Å²) in [6.07, 6.45) is 0. The Morgan fingerprint density at radius 3 is 1.57 bits per heavy atom. The molecule has 0 aliphatic heterocycles. The van der Waals surface area contributed by atoms with Gasteiger partial charge in [-0.2, -0.15) is 18.2 Å². The van der Waals surface area contributed by atoms with E-state index in [-0.39, 0.29) is 35.6 Å². The number of fused-ring (bicyclic) bond motifs is 3. The van der Waals surface area contributed by atoms with Crippen LogP contribution in [0.3, 0.4) is 0 Å². The van der Waals surface area contributed by atoms with Gasteiger partial charge in [0.25, 0.3) is 0 Å². The Labute approximate surface area is 278 Å². The second kappa shape index (κ2) is 15.3. The van der Waals surface area contributed by atoms with Crippen molar-refractivity contribution >= 4 is 48.0 Å². The summed E-state index contributed by atoms with van der Waals surface area (Å²) in [5.74, 6) is 0. The minimum atomic E-state index is 0. The van der Waals surface area contributed by atoms with Gasteiger partial charge in [0.2, 0.25) is 0 Å². The van der Waals surface area contributed by atoms with Gasteiger partial charge >= 0.3 is 41.0 Å². The van der Waals surface area contributed by atoms with Crippen LogP contribution < -0.4 is 24.8 Å². The van der Waals surface area contributed by atoms with Crippen molar-refractivity contribution in [3.8, 4) is 11.1 Å². The molecular formula is C35H38Cl4Hf-2. The second-order valence-corrected chi connectivity index (χ2v) is 16.4. The maximum Gasteiger partial charge on any atom is 0.0504 e. The molecule has 0 unspecified atom stereocenters. The van der Waals surface area contributed by atoms with E-state index in [4.69, 9.17) is 23.2 Å².